The Labute approximate surface area is 395 Å². The fraction of sp³-hybridized carbons (Fsp3) is 0.721. The Hall–Kier alpha value is -6.56. The van der Waals surface area contributed by atoms with Gasteiger partial charge in [-0.15, -0.1) is 0 Å². The molecule has 0 aliphatic carbocycles. The lowest BCUT2D eigenvalue weighted by atomic mass is 10.0. The van der Waals surface area contributed by atoms with E-state index in [4.69, 9.17) is 11.5 Å². The fourth-order valence-electron chi connectivity index (χ4n) is 8.12. The second-order valence-corrected chi connectivity index (χ2v) is 18.4. The predicted molar refractivity (Wildman–Crippen MR) is 244 cm³/mol. The third-order valence-corrected chi connectivity index (χ3v) is 11.6. The number of carbonyl (C=O) groups excluding carboxylic acids is 10. The van der Waals surface area contributed by atoms with Crippen LogP contribution in [0.4, 0.5) is 0 Å². The van der Waals surface area contributed by atoms with Gasteiger partial charge in [0.15, 0.2) is 5.96 Å². The number of aliphatic imine (C=N–C) groups is 1. The summed E-state index contributed by atoms with van der Waals surface area (Å²) < 4.78 is 0. The van der Waals surface area contributed by atoms with E-state index in [1.807, 2.05) is 13.8 Å². The zero-order valence-electron chi connectivity index (χ0n) is 40.0. The van der Waals surface area contributed by atoms with E-state index in [1.165, 1.54) is 30.6 Å². The van der Waals surface area contributed by atoms with Crippen LogP contribution >= 0.6 is 0 Å². The van der Waals surface area contributed by atoms with Gasteiger partial charge >= 0.3 is 5.97 Å². The van der Waals surface area contributed by atoms with E-state index in [9.17, 15) is 57.8 Å². The molecule has 0 spiro atoms. The molecule has 0 aromatic carbocycles. The first kappa shape index (κ1) is 55.8. The molecule has 0 radical (unpaired) electrons. The largest absolute Gasteiger partial charge is 0.481 e. The average Bonchev–Trinajstić information content (AvgIpc) is 3.95. The first-order valence-corrected chi connectivity index (χ1v) is 23.2. The number of rotatable bonds is 10. The number of aliphatic carboxylic acids is 1. The summed E-state index contributed by atoms with van der Waals surface area (Å²) in [5.41, 5.74) is 10.8. The summed E-state index contributed by atoms with van der Waals surface area (Å²) >= 11 is 0. The van der Waals surface area contributed by atoms with Crippen LogP contribution in [0, 0.1) is 11.8 Å². The van der Waals surface area contributed by atoms with Gasteiger partial charge in [0.1, 0.15) is 54.4 Å². The molecule has 25 heteroatoms. The van der Waals surface area contributed by atoms with Gasteiger partial charge in [-0.25, -0.2) is 0 Å². The van der Waals surface area contributed by atoms with Crippen molar-refractivity contribution in [1.82, 2.24) is 52.3 Å². The topological polar surface area (TPSA) is 375 Å². The van der Waals surface area contributed by atoms with Crippen LogP contribution in [0.15, 0.2) is 4.99 Å². The number of carboxylic acids is 1. The van der Waals surface area contributed by atoms with Crippen LogP contribution in [-0.2, 0) is 52.7 Å². The van der Waals surface area contributed by atoms with Gasteiger partial charge in [-0.1, -0.05) is 27.7 Å². The number of carbonyl (C=O) groups is 11. The van der Waals surface area contributed by atoms with Crippen LogP contribution in [0.1, 0.15) is 106 Å². The minimum atomic E-state index is -1.74. The number of carboxylic acid groups (broad SMARTS) is 1. The number of nitrogens with zero attached hydrogens (tertiary/aromatic N) is 3. The summed E-state index contributed by atoms with van der Waals surface area (Å²) in [7, 11) is 0. The van der Waals surface area contributed by atoms with Crippen molar-refractivity contribution >= 4 is 71.0 Å². The Balaban J connectivity index is 1.99. The van der Waals surface area contributed by atoms with Crippen LogP contribution in [0.25, 0.3) is 0 Å². The van der Waals surface area contributed by atoms with E-state index in [0.29, 0.717) is 19.3 Å². The highest BCUT2D eigenvalue weighted by molar-refractivity contribution is 5.99. The molecule has 0 bridgehead atoms. The molecule has 3 saturated heterocycles. The Morgan fingerprint density at radius 2 is 1.07 bits per heavy atom. The van der Waals surface area contributed by atoms with Crippen molar-refractivity contribution in [3.8, 4) is 0 Å². The van der Waals surface area contributed by atoms with Gasteiger partial charge in [-0.3, -0.25) is 57.7 Å². The zero-order valence-corrected chi connectivity index (χ0v) is 40.0. The summed E-state index contributed by atoms with van der Waals surface area (Å²) in [6.07, 6.45) is 0.844. The second kappa shape index (κ2) is 26.1. The monoisotopic (exact) mass is 962 g/mol. The van der Waals surface area contributed by atoms with Crippen molar-refractivity contribution in [3.05, 3.63) is 0 Å². The van der Waals surface area contributed by atoms with E-state index in [1.54, 1.807) is 13.8 Å². The third-order valence-electron chi connectivity index (χ3n) is 11.6. The molecule has 3 rings (SSSR count). The van der Waals surface area contributed by atoms with Crippen molar-refractivity contribution in [2.75, 3.05) is 26.2 Å². The van der Waals surface area contributed by atoms with Gasteiger partial charge in [0.05, 0.1) is 13.0 Å². The molecule has 25 nitrogen and oxygen atoms in total. The van der Waals surface area contributed by atoms with E-state index >= 15 is 0 Å². The van der Waals surface area contributed by atoms with Crippen LogP contribution in [0.3, 0.4) is 0 Å². The first-order valence-electron chi connectivity index (χ1n) is 23.2. The zero-order chi connectivity index (χ0) is 51.0. The molecule has 0 aromatic rings. The summed E-state index contributed by atoms with van der Waals surface area (Å²) in [6, 6.07) is -11.2. The molecular formula is C43H71N13O12. The molecule has 0 saturated carbocycles. The quantitative estimate of drug-likeness (QED) is 0.0568. The Morgan fingerprint density at radius 1 is 0.603 bits per heavy atom. The van der Waals surface area contributed by atoms with Crippen molar-refractivity contribution in [2.24, 2.45) is 28.3 Å². The van der Waals surface area contributed by atoms with Gasteiger partial charge in [0, 0.05) is 19.6 Å². The third kappa shape index (κ3) is 16.9. The maximum atomic E-state index is 14.2. The highest BCUT2D eigenvalue weighted by Crippen LogP contribution is 2.26. The van der Waals surface area contributed by atoms with Gasteiger partial charge in [0.25, 0.3) is 0 Å². The summed E-state index contributed by atoms with van der Waals surface area (Å²) in [5, 5.41) is 29.6. The molecule has 380 valence electrons. The standard InChI is InChI=1S/C43H71N13O12/c1-21(2)17-27-37(63)48-23(5)34(60)50-25(7)41(67)56-16-10-13-31(56)42(68)55-15-9-12-30(55)40(66)54-28(18-22(3)4)38(64)49-24(6)35(61)52-26(11-8-14-46-43(44)45)36(62)47-20-32(57)51-29(19-33(58)59)39(65)53-27/h21-31H,8-20H2,1-7H3,(H,47,62)(H,48,63)(H,49,64)(H,50,60)(H,51,57)(H,52,61)(H,53,65)(H,54,66)(H,58,59)(H4,44,45,46)/t23-,24-,25-,26-,27-,28-,29-,30-,31+/m0/s1. The number of hydrogen-bond acceptors (Lipinski definition) is 12. The van der Waals surface area contributed by atoms with Crippen LogP contribution < -0.4 is 54.0 Å². The molecular weight excluding hydrogens is 891 g/mol. The van der Waals surface area contributed by atoms with E-state index < -0.39 is 132 Å². The number of hydrogen-bond donors (Lipinski definition) is 11. The molecule has 3 heterocycles. The number of fused-ring (bicyclic) bond motifs is 2. The molecule has 3 aliphatic rings. The average molecular weight is 962 g/mol. The van der Waals surface area contributed by atoms with E-state index in [0.717, 1.165) is 0 Å². The SMILES string of the molecule is CC(C)C[C@@H]1NC(=O)[C@H](CC(=O)O)NC(=O)CNC(=O)[C@H](CCCN=C(N)N)NC(=O)[C@H](C)NC(=O)[C@H](CC(C)C)NC(=O)[C@@H]2CCCN2C(=O)[C@H]2CCCN2C(=O)[C@H](C)NC(=O)[C@H](C)NC1=O. The Morgan fingerprint density at radius 3 is 1.60 bits per heavy atom. The van der Waals surface area contributed by atoms with Crippen molar-refractivity contribution < 1.29 is 57.8 Å². The molecule has 0 unspecified atom stereocenters. The van der Waals surface area contributed by atoms with Crippen LogP contribution in [0.5, 0.6) is 0 Å². The summed E-state index contributed by atoms with van der Waals surface area (Å²) in [5.74, 6) is -9.76. The maximum Gasteiger partial charge on any atom is 0.305 e. The summed E-state index contributed by atoms with van der Waals surface area (Å²) in [4.78, 5) is 155. The number of amides is 10. The van der Waals surface area contributed by atoms with E-state index in [2.05, 4.69) is 47.5 Å². The predicted octanol–water partition coefficient (Wildman–Crippen LogP) is -3.83. The minimum absolute atomic E-state index is 0.0195. The Kier molecular flexibility index (Phi) is 21.4. The van der Waals surface area contributed by atoms with E-state index in [-0.39, 0.29) is 69.5 Å². The molecule has 3 aliphatic heterocycles. The smallest absolute Gasteiger partial charge is 0.305 e. The van der Waals surface area contributed by atoms with Crippen molar-refractivity contribution in [3.63, 3.8) is 0 Å². The molecule has 13 N–H and O–H groups in total. The lowest BCUT2D eigenvalue weighted by molar-refractivity contribution is -0.148. The van der Waals surface area contributed by atoms with Gasteiger partial charge in [0.2, 0.25) is 59.1 Å². The van der Waals surface area contributed by atoms with Crippen LogP contribution in [0.2, 0.25) is 0 Å². The fourth-order valence-corrected chi connectivity index (χ4v) is 8.12. The molecule has 10 amide bonds. The normalized spacial score (nSPS) is 28.2. The molecule has 3 fully saturated rings. The molecule has 68 heavy (non-hydrogen) atoms. The highest BCUT2D eigenvalue weighted by Gasteiger charge is 2.44. The Bertz CT molecular complexity index is 1930. The first-order chi connectivity index (χ1) is 31.9. The lowest BCUT2D eigenvalue weighted by Crippen LogP contribution is -2.60. The van der Waals surface area contributed by atoms with Crippen molar-refractivity contribution in [1.29, 1.82) is 0 Å². The summed E-state index contributed by atoms with van der Waals surface area (Å²) in [6.45, 7) is 10.9. The number of nitrogens with two attached hydrogens (primary N) is 2. The second-order valence-electron chi connectivity index (χ2n) is 18.4. The van der Waals surface area contributed by atoms with Crippen molar-refractivity contribution in [2.45, 2.75) is 161 Å². The van der Waals surface area contributed by atoms with Crippen LogP contribution in [-0.4, -0.2) is 166 Å². The molecule has 0 aromatic heterocycles. The minimum Gasteiger partial charge on any atom is -0.481 e. The molecule has 9 atom stereocenters. The highest BCUT2D eigenvalue weighted by atomic mass is 16.4. The number of nitrogens with one attached hydrogen (secondary N) is 8. The van der Waals surface area contributed by atoms with Gasteiger partial charge in [-0.05, 0) is 84.0 Å². The maximum absolute atomic E-state index is 14.2. The van der Waals surface area contributed by atoms with Gasteiger partial charge in [-0.2, -0.15) is 0 Å². The van der Waals surface area contributed by atoms with Gasteiger partial charge < -0.3 is 68.9 Å². The lowest BCUT2D eigenvalue weighted by Gasteiger charge is -2.33. The number of guanidine groups is 1.